The van der Waals surface area contributed by atoms with E-state index in [9.17, 15) is 19.7 Å². The summed E-state index contributed by atoms with van der Waals surface area (Å²) < 4.78 is 0.352. The third-order valence-corrected chi connectivity index (χ3v) is 8.37. The zero-order valence-corrected chi connectivity index (χ0v) is 19.3. The fourth-order valence-electron chi connectivity index (χ4n) is 6.56. The van der Waals surface area contributed by atoms with E-state index in [-0.39, 0.29) is 23.4 Å². The molecule has 2 atom stereocenters. The van der Waals surface area contributed by atoms with Gasteiger partial charge in [0.2, 0.25) is 11.8 Å². The molecule has 0 saturated carbocycles. The Bertz CT molecular complexity index is 1340. The van der Waals surface area contributed by atoms with Crippen molar-refractivity contribution >= 4 is 39.1 Å². The second-order valence-corrected chi connectivity index (χ2v) is 9.74. The smallest absolute Gasteiger partial charge is 0.270 e. The average Bonchev–Trinajstić information content (AvgIpc) is 3.10. The number of hydrogen-bond acceptors (Lipinski definition) is 4. The van der Waals surface area contributed by atoms with Crippen LogP contribution in [0.15, 0.2) is 71.2 Å². The quantitative estimate of drug-likeness (QED) is 0.275. The number of hydrogen-bond donors (Lipinski definition) is 0. The summed E-state index contributed by atoms with van der Waals surface area (Å²) in [6.45, 7) is 2.08. The largest absolute Gasteiger partial charge is 0.274 e. The van der Waals surface area contributed by atoms with Crippen LogP contribution in [0.3, 0.4) is 0 Å². The molecule has 6 nitrogen and oxygen atoms in total. The Morgan fingerprint density at radius 3 is 2.12 bits per heavy atom. The molecule has 3 aromatic carbocycles. The lowest BCUT2D eigenvalue weighted by Crippen LogP contribution is -2.53. The number of imide groups is 1. The molecule has 2 bridgehead atoms. The molecule has 3 aromatic rings. The molecular formula is C26H19BrN2O4. The van der Waals surface area contributed by atoms with Crippen LogP contribution in [0.25, 0.3) is 0 Å². The van der Waals surface area contributed by atoms with E-state index in [4.69, 9.17) is 0 Å². The summed E-state index contributed by atoms with van der Waals surface area (Å²) >= 11 is 3.36. The highest BCUT2D eigenvalue weighted by atomic mass is 79.9. The molecule has 33 heavy (non-hydrogen) atoms. The molecule has 1 heterocycles. The molecular weight excluding hydrogens is 484 g/mol. The number of nitro groups is 1. The highest BCUT2D eigenvalue weighted by Crippen LogP contribution is 2.65. The van der Waals surface area contributed by atoms with Crippen molar-refractivity contribution in [3.05, 3.63) is 104 Å². The van der Waals surface area contributed by atoms with Gasteiger partial charge >= 0.3 is 0 Å². The molecule has 7 rings (SSSR count). The molecule has 7 heteroatoms. The Balaban J connectivity index is 1.59. The van der Waals surface area contributed by atoms with Gasteiger partial charge in [-0.05, 0) is 50.7 Å². The molecule has 0 radical (unpaired) electrons. The standard InChI is InChI=1S/C26H19BrN2O4/c1-2-26-17-9-5-3-7-15(17)21(16-8-4-6-10-18(16)26)22-23(26)25(31)28(24(22)30)20-12-11-14(29(32)33)13-19(20)27/h3-13,21-23H,2H2,1H3/t21?,22-,23-,26?/m1/s1. The van der Waals surface area contributed by atoms with Crippen molar-refractivity contribution in [1.29, 1.82) is 0 Å². The Morgan fingerprint density at radius 1 is 0.970 bits per heavy atom. The van der Waals surface area contributed by atoms with Gasteiger partial charge in [0.25, 0.3) is 5.69 Å². The Hall–Kier alpha value is -3.32. The number of halogens is 1. The highest BCUT2D eigenvalue weighted by Gasteiger charge is 2.67. The van der Waals surface area contributed by atoms with Gasteiger partial charge in [0.05, 0.1) is 22.4 Å². The van der Waals surface area contributed by atoms with Crippen LogP contribution in [0.1, 0.15) is 41.5 Å². The van der Waals surface area contributed by atoms with Crippen molar-refractivity contribution in [2.45, 2.75) is 24.7 Å². The van der Waals surface area contributed by atoms with Crippen LogP contribution in [0.5, 0.6) is 0 Å². The second-order valence-electron chi connectivity index (χ2n) is 8.89. The van der Waals surface area contributed by atoms with Crippen molar-refractivity contribution in [2.75, 3.05) is 4.90 Å². The number of rotatable bonds is 3. The minimum absolute atomic E-state index is 0.105. The third-order valence-electron chi connectivity index (χ3n) is 7.73. The van der Waals surface area contributed by atoms with Gasteiger partial charge in [-0.1, -0.05) is 55.5 Å². The fourth-order valence-corrected chi connectivity index (χ4v) is 7.10. The monoisotopic (exact) mass is 502 g/mol. The molecule has 0 unspecified atom stereocenters. The van der Waals surface area contributed by atoms with Crippen LogP contribution < -0.4 is 4.90 Å². The van der Waals surface area contributed by atoms with E-state index in [1.54, 1.807) is 0 Å². The number of carbonyl (C=O) groups excluding carboxylic acids is 2. The third kappa shape index (κ3) is 2.38. The van der Waals surface area contributed by atoms with Crippen LogP contribution in [-0.2, 0) is 15.0 Å². The predicted molar refractivity (Wildman–Crippen MR) is 126 cm³/mol. The lowest BCUT2D eigenvalue weighted by Gasteiger charge is -2.54. The van der Waals surface area contributed by atoms with Crippen LogP contribution in [-0.4, -0.2) is 16.7 Å². The van der Waals surface area contributed by atoms with E-state index in [1.807, 2.05) is 24.3 Å². The van der Waals surface area contributed by atoms with Crippen LogP contribution in [0.4, 0.5) is 11.4 Å². The number of non-ortho nitro benzene ring substituents is 1. The van der Waals surface area contributed by atoms with E-state index in [1.165, 1.54) is 23.1 Å². The first kappa shape index (κ1) is 20.3. The predicted octanol–water partition coefficient (Wildman–Crippen LogP) is 5.32. The molecule has 4 aliphatic rings. The van der Waals surface area contributed by atoms with E-state index in [0.717, 1.165) is 22.3 Å². The number of amides is 2. The first-order chi connectivity index (χ1) is 15.9. The number of benzene rings is 3. The lowest BCUT2D eigenvalue weighted by molar-refractivity contribution is -0.384. The first-order valence-electron chi connectivity index (χ1n) is 10.9. The van der Waals surface area contributed by atoms with E-state index in [0.29, 0.717) is 16.6 Å². The maximum absolute atomic E-state index is 14.0. The van der Waals surface area contributed by atoms with Gasteiger partial charge in [-0.2, -0.15) is 0 Å². The summed E-state index contributed by atoms with van der Waals surface area (Å²) in [5.41, 5.74) is 4.14. The Labute approximate surface area is 198 Å². The minimum Gasteiger partial charge on any atom is -0.274 e. The summed E-state index contributed by atoms with van der Waals surface area (Å²) in [5, 5.41) is 11.2. The highest BCUT2D eigenvalue weighted by molar-refractivity contribution is 9.10. The maximum Gasteiger partial charge on any atom is 0.270 e. The van der Waals surface area contributed by atoms with Gasteiger partial charge in [-0.3, -0.25) is 19.7 Å². The zero-order valence-electron chi connectivity index (χ0n) is 17.7. The van der Waals surface area contributed by atoms with Crippen molar-refractivity contribution < 1.29 is 14.5 Å². The van der Waals surface area contributed by atoms with Crippen LogP contribution in [0.2, 0.25) is 0 Å². The van der Waals surface area contributed by atoms with Crippen molar-refractivity contribution in [1.82, 2.24) is 0 Å². The fraction of sp³-hybridized carbons (Fsp3) is 0.231. The van der Waals surface area contributed by atoms with Gasteiger partial charge in [0.1, 0.15) is 0 Å². The number of nitro benzene ring substituents is 1. The summed E-state index contributed by atoms with van der Waals surface area (Å²) in [6.07, 6.45) is 0.684. The van der Waals surface area contributed by atoms with Crippen molar-refractivity contribution in [3.63, 3.8) is 0 Å². The topological polar surface area (TPSA) is 80.5 Å². The second kappa shape index (κ2) is 6.84. The molecule has 164 valence electrons. The van der Waals surface area contributed by atoms with Crippen molar-refractivity contribution in [2.24, 2.45) is 11.8 Å². The Morgan fingerprint density at radius 2 is 1.58 bits per heavy atom. The normalized spacial score (nSPS) is 26.7. The van der Waals surface area contributed by atoms with Gasteiger partial charge < -0.3 is 0 Å². The number of nitrogens with zero attached hydrogens (tertiary/aromatic N) is 2. The summed E-state index contributed by atoms with van der Waals surface area (Å²) in [5.74, 6) is -1.72. The molecule has 1 saturated heterocycles. The minimum atomic E-state index is -0.596. The van der Waals surface area contributed by atoms with Crippen molar-refractivity contribution in [3.8, 4) is 0 Å². The lowest BCUT2D eigenvalue weighted by atomic mass is 9.46. The Kier molecular flexibility index (Phi) is 4.21. The van der Waals surface area contributed by atoms with Gasteiger partial charge in [0.15, 0.2) is 0 Å². The number of anilines is 1. The summed E-state index contributed by atoms with van der Waals surface area (Å²) in [7, 11) is 0. The summed E-state index contributed by atoms with van der Waals surface area (Å²) in [6, 6.07) is 20.5. The van der Waals surface area contributed by atoms with E-state index >= 15 is 0 Å². The average molecular weight is 503 g/mol. The molecule has 0 aromatic heterocycles. The van der Waals surface area contributed by atoms with Gasteiger partial charge in [-0.15, -0.1) is 0 Å². The van der Waals surface area contributed by atoms with Crippen LogP contribution in [0, 0.1) is 22.0 Å². The molecule has 1 aliphatic heterocycles. The maximum atomic E-state index is 14.0. The van der Waals surface area contributed by atoms with Gasteiger partial charge in [-0.25, -0.2) is 4.90 Å². The molecule has 0 spiro atoms. The van der Waals surface area contributed by atoms with E-state index < -0.39 is 22.2 Å². The SMILES string of the molecule is CCC12c3ccccc3C(c3ccccc31)[C@H]1C(=O)N(c3ccc([N+](=O)[O-])cc3Br)C(=O)[C@@H]12. The summed E-state index contributed by atoms with van der Waals surface area (Å²) in [4.78, 5) is 39.9. The molecule has 3 aliphatic carbocycles. The molecule has 0 N–H and O–H groups in total. The molecule has 1 fully saturated rings. The van der Waals surface area contributed by atoms with Crippen LogP contribution >= 0.6 is 15.9 Å². The number of carbonyl (C=O) groups is 2. The first-order valence-corrected chi connectivity index (χ1v) is 11.7. The molecule has 2 amide bonds. The zero-order chi connectivity index (χ0) is 23.1. The van der Waals surface area contributed by atoms with E-state index in [2.05, 4.69) is 47.1 Å². The van der Waals surface area contributed by atoms with Gasteiger partial charge in [0, 0.05) is 27.9 Å².